The summed E-state index contributed by atoms with van der Waals surface area (Å²) in [6.07, 6.45) is -2.54. The molecular formula is C22H25ClO5. The number of methoxy groups -OCH3 is 1. The first-order valence-electron chi connectivity index (χ1n) is 9.16. The zero-order valence-electron chi connectivity index (χ0n) is 15.7. The predicted molar refractivity (Wildman–Crippen MR) is 108 cm³/mol. The Morgan fingerprint density at radius 3 is 2.43 bits per heavy atom. The van der Waals surface area contributed by atoms with E-state index in [0.29, 0.717) is 23.4 Å². The van der Waals surface area contributed by atoms with Crippen LogP contribution >= 0.6 is 11.6 Å². The highest BCUT2D eigenvalue weighted by Gasteiger charge is 2.43. The zero-order chi connectivity index (χ0) is 20.3. The summed E-state index contributed by atoms with van der Waals surface area (Å²) in [5, 5.41) is 31.4. The molecule has 5 atom stereocenters. The fourth-order valence-corrected chi connectivity index (χ4v) is 3.64. The number of halogens is 1. The molecule has 0 amide bonds. The number of benzene rings is 2. The zero-order valence-corrected chi connectivity index (χ0v) is 16.4. The van der Waals surface area contributed by atoms with Gasteiger partial charge in [0.2, 0.25) is 0 Å². The van der Waals surface area contributed by atoms with Crippen molar-refractivity contribution < 1.29 is 24.8 Å². The van der Waals surface area contributed by atoms with Crippen molar-refractivity contribution in [2.45, 2.75) is 43.4 Å². The summed E-state index contributed by atoms with van der Waals surface area (Å²) >= 11 is 6.38. The molecule has 3 N–H and O–H groups in total. The molecule has 0 spiro atoms. The quantitative estimate of drug-likeness (QED) is 0.645. The van der Waals surface area contributed by atoms with Crippen LogP contribution in [0, 0.1) is 0 Å². The minimum atomic E-state index is -1.30. The Hall–Kier alpha value is -1.89. The molecule has 2 aromatic carbocycles. The van der Waals surface area contributed by atoms with Gasteiger partial charge in [0.25, 0.3) is 0 Å². The Morgan fingerprint density at radius 1 is 1.07 bits per heavy atom. The van der Waals surface area contributed by atoms with Crippen LogP contribution in [-0.4, -0.2) is 46.8 Å². The van der Waals surface area contributed by atoms with Crippen LogP contribution in [0.5, 0.6) is 5.75 Å². The molecule has 1 aliphatic rings. The van der Waals surface area contributed by atoms with E-state index in [9.17, 15) is 15.3 Å². The topological polar surface area (TPSA) is 79.2 Å². The van der Waals surface area contributed by atoms with Crippen molar-refractivity contribution in [2.24, 2.45) is 0 Å². The maximum atomic E-state index is 10.4. The number of rotatable bonds is 6. The summed E-state index contributed by atoms with van der Waals surface area (Å²) in [4.78, 5) is 0. The Kier molecular flexibility index (Phi) is 6.75. The van der Waals surface area contributed by atoms with Crippen molar-refractivity contribution >= 4 is 11.6 Å². The third-order valence-electron chi connectivity index (χ3n) is 5.06. The van der Waals surface area contributed by atoms with Crippen molar-refractivity contribution in [3.8, 4) is 5.75 Å². The molecule has 1 heterocycles. The molecule has 150 valence electrons. The largest absolute Gasteiger partial charge is 0.497 e. The van der Waals surface area contributed by atoms with Crippen LogP contribution in [0.15, 0.2) is 55.1 Å². The lowest BCUT2D eigenvalue weighted by atomic mass is 9.89. The second kappa shape index (κ2) is 9.07. The minimum Gasteiger partial charge on any atom is -0.497 e. The monoisotopic (exact) mass is 404 g/mol. The summed E-state index contributed by atoms with van der Waals surface area (Å²) in [6.45, 7) is 3.65. The molecule has 3 rings (SSSR count). The van der Waals surface area contributed by atoms with Gasteiger partial charge in [-0.3, -0.25) is 0 Å². The number of aliphatic hydroxyl groups excluding tert-OH is 3. The van der Waals surface area contributed by atoms with E-state index in [2.05, 4.69) is 6.58 Å². The molecule has 28 heavy (non-hydrogen) atoms. The highest BCUT2D eigenvalue weighted by molar-refractivity contribution is 6.31. The first kappa shape index (κ1) is 20.8. The summed E-state index contributed by atoms with van der Waals surface area (Å²) < 4.78 is 11.1. The van der Waals surface area contributed by atoms with Gasteiger partial charge in [-0.15, -0.1) is 6.58 Å². The Bertz CT molecular complexity index is 807. The van der Waals surface area contributed by atoms with Crippen LogP contribution in [0.1, 0.15) is 29.2 Å². The van der Waals surface area contributed by atoms with E-state index >= 15 is 0 Å². The SMILES string of the molecule is C=CC[C@H]1O[C@@H](c2ccc(Cl)c(Cc3ccc(OC)cc3)c2)[C@H](O)[C@@H](O)[C@@H]1O. The van der Waals surface area contributed by atoms with Crippen LogP contribution in [0.4, 0.5) is 0 Å². The van der Waals surface area contributed by atoms with Gasteiger partial charge in [0.1, 0.15) is 30.2 Å². The lowest BCUT2D eigenvalue weighted by Gasteiger charge is -2.40. The van der Waals surface area contributed by atoms with Crippen molar-refractivity contribution in [1.82, 2.24) is 0 Å². The highest BCUT2D eigenvalue weighted by Crippen LogP contribution is 2.35. The number of hydrogen-bond donors (Lipinski definition) is 3. The lowest BCUT2D eigenvalue weighted by molar-refractivity contribution is -0.223. The maximum Gasteiger partial charge on any atom is 0.118 e. The smallest absolute Gasteiger partial charge is 0.118 e. The molecule has 1 fully saturated rings. The minimum absolute atomic E-state index is 0.369. The molecule has 5 nitrogen and oxygen atoms in total. The standard InChI is InChI=1S/C22H25ClO5/c1-3-4-18-19(24)20(25)21(26)22(28-18)14-7-10-17(23)15(12-14)11-13-5-8-16(27-2)9-6-13/h3,5-10,12,18-22,24-26H,1,4,11H2,2H3/t18-,19-,20+,21-,22+/m1/s1. The highest BCUT2D eigenvalue weighted by atomic mass is 35.5. The van der Waals surface area contributed by atoms with Crippen LogP contribution < -0.4 is 4.74 Å². The fraction of sp³-hybridized carbons (Fsp3) is 0.364. The van der Waals surface area contributed by atoms with E-state index in [4.69, 9.17) is 21.1 Å². The first-order valence-corrected chi connectivity index (χ1v) is 9.54. The molecule has 6 heteroatoms. The number of ether oxygens (including phenoxy) is 2. The van der Waals surface area contributed by atoms with Gasteiger partial charge in [-0.25, -0.2) is 0 Å². The molecule has 1 saturated heterocycles. The predicted octanol–water partition coefficient (Wildman–Crippen LogP) is 3.04. The fourth-order valence-electron chi connectivity index (χ4n) is 3.46. The average Bonchev–Trinajstić information content (AvgIpc) is 2.71. The van der Waals surface area contributed by atoms with Crippen LogP contribution in [0.3, 0.4) is 0 Å². The van der Waals surface area contributed by atoms with Crippen molar-refractivity contribution in [3.05, 3.63) is 76.8 Å². The Balaban J connectivity index is 1.85. The van der Waals surface area contributed by atoms with Crippen molar-refractivity contribution in [1.29, 1.82) is 0 Å². The van der Waals surface area contributed by atoms with Gasteiger partial charge in [0.15, 0.2) is 0 Å². The van der Waals surface area contributed by atoms with Gasteiger partial charge < -0.3 is 24.8 Å². The number of aliphatic hydroxyl groups is 3. The van der Waals surface area contributed by atoms with E-state index in [-0.39, 0.29) is 0 Å². The molecule has 2 aromatic rings. The second-order valence-electron chi connectivity index (χ2n) is 6.97. The maximum absolute atomic E-state index is 10.4. The van der Waals surface area contributed by atoms with Gasteiger partial charge in [-0.1, -0.05) is 41.9 Å². The number of hydrogen-bond acceptors (Lipinski definition) is 5. The van der Waals surface area contributed by atoms with E-state index in [1.165, 1.54) is 0 Å². The average molecular weight is 405 g/mol. The van der Waals surface area contributed by atoms with Crippen LogP contribution in [-0.2, 0) is 11.2 Å². The Morgan fingerprint density at radius 2 is 1.79 bits per heavy atom. The molecule has 0 unspecified atom stereocenters. The van der Waals surface area contributed by atoms with Gasteiger partial charge in [0, 0.05) is 5.02 Å². The summed E-state index contributed by atoms with van der Waals surface area (Å²) in [5.41, 5.74) is 2.63. The van der Waals surface area contributed by atoms with Gasteiger partial charge in [-0.2, -0.15) is 0 Å². The molecule has 0 saturated carbocycles. The summed E-state index contributed by atoms with van der Waals surface area (Å²) in [6, 6.07) is 13.1. The molecule has 1 aliphatic heterocycles. The van der Waals surface area contributed by atoms with Crippen LogP contribution in [0.25, 0.3) is 0 Å². The van der Waals surface area contributed by atoms with Gasteiger partial charge in [0.05, 0.1) is 13.2 Å². The second-order valence-corrected chi connectivity index (χ2v) is 7.37. The molecule has 0 aromatic heterocycles. The molecule has 0 aliphatic carbocycles. The van der Waals surface area contributed by atoms with E-state index < -0.39 is 30.5 Å². The normalized spacial score (nSPS) is 27.4. The molecular weight excluding hydrogens is 380 g/mol. The lowest BCUT2D eigenvalue weighted by Crippen LogP contribution is -2.53. The van der Waals surface area contributed by atoms with Crippen LogP contribution in [0.2, 0.25) is 5.02 Å². The van der Waals surface area contributed by atoms with E-state index in [0.717, 1.165) is 16.9 Å². The van der Waals surface area contributed by atoms with E-state index in [1.54, 1.807) is 25.3 Å². The van der Waals surface area contributed by atoms with Crippen molar-refractivity contribution in [2.75, 3.05) is 7.11 Å². The Labute approximate surface area is 169 Å². The first-order chi connectivity index (χ1) is 13.4. The molecule has 0 radical (unpaired) electrons. The summed E-state index contributed by atoms with van der Waals surface area (Å²) in [7, 11) is 1.62. The third-order valence-corrected chi connectivity index (χ3v) is 5.43. The molecule has 0 bridgehead atoms. The van der Waals surface area contributed by atoms with Gasteiger partial charge in [-0.05, 0) is 47.7 Å². The van der Waals surface area contributed by atoms with Crippen molar-refractivity contribution in [3.63, 3.8) is 0 Å². The van der Waals surface area contributed by atoms with Gasteiger partial charge >= 0.3 is 0 Å². The summed E-state index contributed by atoms with van der Waals surface area (Å²) in [5.74, 6) is 0.781. The van der Waals surface area contributed by atoms with E-state index in [1.807, 2.05) is 30.3 Å². The third kappa shape index (κ3) is 4.40.